The van der Waals surface area contributed by atoms with Gasteiger partial charge in [0.25, 0.3) is 11.4 Å². The van der Waals surface area contributed by atoms with Crippen LogP contribution in [0, 0.1) is 43.9 Å². The largest absolute Gasteiger partial charge is 0.287 e. The van der Waals surface area contributed by atoms with Gasteiger partial charge in [-0.05, 0) is 71.8 Å². The van der Waals surface area contributed by atoms with Crippen LogP contribution in [0.2, 0.25) is 0 Å². The van der Waals surface area contributed by atoms with Gasteiger partial charge in [0.15, 0.2) is 5.12 Å². The first-order chi connectivity index (χ1) is 21.3. The van der Waals surface area contributed by atoms with Gasteiger partial charge >= 0.3 is 0 Å². The molecule has 44 heavy (non-hydrogen) atoms. The predicted molar refractivity (Wildman–Crippen MR) is 172 cm³/mol. The Morgan fingerprint density at radius 1 is 0.568 bits per heavy atom. The summed E-state index contributed by atoms with van der Waals surface area (Å²) in [6.07, 6.45) is 0. The minimum atomic E-state index is -0.538. The average Bonchev–Trinajstić information content (AvgIpc) is 3.03. The van der Waals surface area contributed by atoms with E-state index < -0.39 is 9.85 Å². The number of carbonyl (C=O) groups is 1. The molecule has 0 saturated heterocycles. The van der Waals surface area contributed by atoms with Crippen LogP contribution in [-0.2, 0) is 4.79 Å². The Morgan fingerprint density at radius 2 is 0.932 bits per heavy atom. The summed E-state index contributed by atoms with van der Waals surface area (Å²) in [7, 11) is 0. The number of hydrogen-bond donors (Lipinski definition) is 0. The molecule has 0 aliphatic carbocycles. The fourth-order valence-electron chi connectivity index (χ4n) is 4.39. The van der Waals surface area contributed by atoms with Crippen LogP contribution in [0.5, 0.6) is 0 Å². The Kier molecular flexibility index (Phi) is 8.96. The van der Waals surface area contributed by atoms with Crippen molar-refractivity contribution in [2.24, 2.45) is 0 Å². The highest BCUT2D eigenvalue weighted by molar-refractivity contribution is 8.13. The van der Waals surface area contributed by atoms with Gasteiger partial charge in [0.2, 0.25) is 0 Å². The zero-order valence-corrected chi connectivity index (χ0v) is 24.1. The molecule has 0 aliphatic heterocycles. The SMILES string of the molecule is CC(=O)Sc1ccc(C#Cc2ccc(-c3cc([N+](=O)[O-])c(-c4ccc(C#Cc5ccccc5)cc4)cc3[N+](=O)[O-])cc2)cc1. The van der Waals surface area contributed by atoms with Crippen molar-refractivity contribution < 1.29 is 14.6 Å². The van der Waals surface area contributed by atoms with E-state index in [0.717, 1.165) is 27.8 Å². The van der Waals surface area contributed by atoms with Gasteiger partial charge in [-0.3, -0.25) is 25.0 Å². The molecule has 212 valence electrons. The molecule has 0 atom stereocenters. The molecule has 0 heterocycles. The summed E-state index contributed by atoms with van der Waals surface area (Å²) in [5.74, 6) is 12.2. The second-order valence-corrected chi connectivity index (χ2v) is 10.8. The Hall–Kier alpha value is -5.96. The molecule has 0 unspecified atom stereocenters. The summed E-state index contributed by atoms with van der Waals surface area (Å²) in [4.78, 5) is 35.2. The van der Waals surface area contributed by atoms with E-state index in [0.29, 0.717) is 22.3 Å². The highest BCUT2D eigenvalue weighted by Crippen LogP contribution is 2.40. The summed E-state index contributed by atoms with van der Waals surface area (Å²) in [6.45, 7) is 1.51. The molecular weight excluding hydrogens is 572 g/mol. The van der Waals surface area contributed by atoms with Crippen molar-refractivity contribution in [3.8, 4) is 45.9 Å². The Bertz CT molecular complexity index is 2000. The van der Waals surface area contributed by atoms with Crippen LogP contribution < -0.4 is 0 Å². The molecular formula is C36H22N2O5S. The minimum absolute atomic E-state index is 0.00302. The van der Waals surface area contributed by atoms with Gasteiger partial charge in [-0.1, -0.05) is 77.9 Å². The van der Waals surface area contributed by atoms with Gasteiger partial charge in [0.05, 0.1) is 21.0 Å². The maximum Gasteiger partial charge on any atom is 0.278 e. The van der Waals surface area contributed by atoms with Crippen LogP contribution in [0.3, 0.4) is 0 Å². The van der Waals surface area contributed by atoms with E-state index >= 15 is 0 Å². The van der Waals surface area contributed by atoms with Crippen LogP contribution >= 0.6 is 11.8 Å². The van der Waals surface area contributed by atoms with E-state index in [1.165, 1.54) is 19.1 Å². The third-order valence-electron chi connectivity index (χ3n) is 6.49. The zero-order valence-electron chi connectivity index (χ0n) is 23.3. The summed E-state index contributed by atoms with van der Waals surface area (Å²) in [5, 5.41) is 24.2. The van der Waals surface area contributed by atoms with Crippen LogP contribution in [0.15, 0.2) is 120 Å². The lowest BCUT2D eigenvalue weighted by molar-refractivity contribution is -0.388. The van der Waals surface area contributed by atoms with Gasteiger partial charge in [-0.2, -0.15) is 0 Å². The third kappa shape index (κ3) is 7.27. The van der Waals surface area contributed by atoms with Crippen molar-refractivity contribution in [2.45, 2.75) is 11.8 Å². The molecule has 0 bridgehead atoms. The third-order valence-corrected chi connectivity index (χ3v) is 7.29. The summed E-state index contributed by atoms with van der Waals surface area (Å²) in [5.41, 5.74) is 3.69. The van der Waals surface area contributed by atoms with Gasteiger partial charge in [0, 0.05) is 46.2 Å². The smallest absolute Gasteiger partial charge is 0.278 e. The monoisotopic (exact) mass is 594 g/mol. The van der Waals surface area contributed by atoms with Gasteiger partial charge in [0.1, 0.15) is 0 Å². The number of hydrogen-bond acceptors (Lipinski definition) is 6. The molecule has 0 spiro atoms. The fourth-order valence-corrected chi connectivity index (χ4v) is 4.99. The lowest BCUT2D eigenvalue weighted by Crippen LogP contribution is -1.98. The highest BCUT2D eigenvalue weighted by atomic mass is 32.2. The average molecular weight is 595 g/mol. The second-order valence-electron chi connectivity index (χ2n) is 9.54. The van der Waals surface area contributed by atoms with E-state index in [9.17, 15) is 25.0 Å². The van der Waals surface area contributed by atoms with Crippen molar-refractivity contribution in [3.05, 3.63) is 158 Å². The molecule has 0 N–H and O–H groups in total. The normalized spacial score (nSPS) is 10.1. The maximum atomic E-state index is 12.1. The van der Waals surface area contributed by atoms with E-state index in [-0.39, 0.29) is 27.6 Å². The molecule has 0 saturated carbocycles. The maximum absolute atomic E-state index is 12.1. The Morgan fingerprint density at radius 3 is 1.30 bits per heavy atom. The van der Waals surface area contributed by atoms with Crippen LogP contribution in [0.25, 0.3) is 22.3 Å². The molecule has 0 amide bonds. The van der Waals surface area contributed by atoms with E-state index in [2.05, 4.69) is 23.7 Å². The summed E-state index contributed by atoms with van der Waals surface area (Å²) in [6, 6.07) is 32.8. The minimum Gasteiger partial charge on any atom is -0.287 e. The van der Waals surface area contributed by atoms with E-state index in [1.54, 1.807) is 48.5 Å². The van der Waals surface area contributed by atoms with E-state index in [4.69, 9.17) is 0 Å². The highest BCUT2D eigenvalue weighted by Gasteiger charge is 2.25. The molecule has 5 aromatic rings. The number of thioether (sulfide) groups is 1. The first-order valence-electron chi connectivity index (χ1n) is 13.3. The zero-order chi connectivity index (χ0) is 31.1. The number of benzene rings is 5. The molecule has 5 aromatic carbocycles. The van der Waals surface area contributed by atoms with Crippen molar-refractivity contribution in [1.82, 2.24) is 0 Å². The Balaban J connectivity index is 1.43. The van der Waals surface area contributed by atoms with Gasteiger partial charge in [-0.25, -0.2) is 0 Å². The summed E-state index contributed by atoms with van der Waals surface area (Å²) >= 11 is 1.15. The number of nitrogens with zero attached hydrogens (tertiary/aromatic N) is 2. The predicted octanol–water partition coefficient (Wildman–Crippen LogP) is 8.28. The number of nitro benzene ring substituents is 2. The van der Waals surface area contributed by atoms with Crippen molar-refractivity contribution in [1.29, 1.82) is 0 Å². The summed E-state index contributed by atoms with van der Waals surface area (Å²) < 4.78 is 0. The van der Waals surface area contributed by atoms with Gasteiger partial charge < -0.3 is 0 Å². The molecule has 8 heteroatoms. The molecule has 0 aliphatic rings. The first-order valence-corrected chi connectivity index (χ1v) is 14.1. The quantitative estimate of drug-likeness (QED) is 0.0878. The lowest BCUT2D eigenvalue weighted by atomic mass is 9.95. The molecule has 5 rings (SSSR count). The van der Waals surface area contributed by atoms with Gasteiger partial charge in [-0.15, -0.1) is 0 Å². The number of rotatable bonds is 5. The van der Waals surface area contributed by atoms with Crippen LogP contribution in [-0.4, -0.2) is 15.0 Å². The molecule has 0 fully saturated rings. The second kappa shape index (κ2) is 13.3. The van der Waals surface area contributed by atoms with Crippen molar-refractivity contribution in [2.75, 3.05) is 0 Å². The fraction of sp³-hybridized carbons (Fsp3) is 0.0278. The number of nitro groups is 2. The molecule has 0 aromatic heterocycles. The van der Waals surface area contributed by atoms with Crippen molar-refractivity contribution >= 4 is 28.3 Å². The van der Waals surface area contributed by atoms with E-state index in [1.807, 2.05) is 54.6 Å². The standard InChI is InChI=1S/C36H22N2O5S/c1-25(39)44-32-21-15-29(16-22-32)10-9-28-13-19-31(20-14-28)34-24-35(37(40)41)33(23-36(34)38(42)43)30-17-11-27(12-18-30)8-7-26-5-3-2-4-6-26/h2-6,11-24H,1H3. The van der Waals surface area contributed by atoms with Crippen LogP contribution in [0.4, 0.5) is 11.4 Å². The lowest BCUT2D eigenvalue weighted by Gasteiger charge is -2.09. The van der Waals surface area contributed by atoms with Crippen LogP contribution in [0.1, 0.15) is 29.2 Å². The van der Waals surface area contributed by atoms with Crippen molar-refractivity contribution in [3.63, 3.8) is 0 Å². The molecule has 0 radical (unpaired) electrons. The molecule has 7 nitrogen and oxygen atoms in total. The Labute approximate surface area is 257 Å². The number of carbonyl (C=O) groups excluding carboxylic acids is 1. The topological polar surface area (TPSA) is 103 Å². The first kappa shape index (κ1) is 29.5.